The highest BCUT2D eigenvalue weighted by molar-refractivity contribution is 5.95. The van der Waals surface area contributed by atoms with Crippen LogP contribution in [0.4, 0.5) is 0 Å². The molecule has 0 N–H and O–H groups in total. The number of hydrogen-bond acceptors (Lipinski definition) is 2. The summed E-state index contributed by atoms with van der Waals surface area (Å²) in [4.78, 5) is 11.6. The summed E-state index contributed by atoms with van der Waals surface area (Å²) < 4.78 is 7.08. The lowest BCUT2D eigenvalue weighted by atomic mass is 10.2. The van der Waals surface area contributed by atoms with Gasteiger partial charge >= 0.3 is 0 Å². The highest BCUT2D eigenvalue weighted by Gasteiger charge is 2.08. The lowest BCUT2D eigenvalue weighted by molar-refractivity contribution is 0.0698. The van der Waals surface area contributed by atoms with Gasteiger partial charge in [0.2, 0.25) is 5.78 Å². The molecule has 0 bridgehead atoms. The average molecular weight is 195 g/mol. The minimum atomic E-state index is 0.0400. The Morgan fingerprint density at radius 1 is 1.57 bits per heavy atom. The van der Waals surface area contributed by atoms with Gasteiger partial charge in [0, 0.05) is 19.9 Å². The van der Waals surface area contributed by atoms with Crippen molar-refractivity contribution in [1.29, 1.82) is 0 Å². The highest BCUT2D eigenvalue weighted by Crippen LogP contribution is 2.02. The number of aryl methyl sites for hydroxylation is 1. The molecular weight excluding hydrogens is 178 g/mol. The fraction of sp³-hybridized carbons (Fsp3) is 0.545. The predicted octanol–water partition coefficient (Wildman–Crippen LogP) is 1.88. The van der Waals surface area contributed by atoms with E-state index in [2.05, 4.69) is 13.8 Å². The van der Waals surface area contributed by atoms with E-state index in [4.69, 9.17) is 4.74 Å². The summed E-state index contributed by atoms with van der Waals surface area (Å²) in [6.07, 6.45) is 1.86. The van der Waals surface area contributed by atoms with E-state index < -0.39 is 0 Å². The van der Waals surface area contributed by atoms with Gasteiger partial charge in [0.05, 0.1) is 5.69 Å². The molecule has 1 rings (SSSR count). The van der Waals surface area contributed by atoms with E-state index in [1.807, 2.05) is 19.3 Å². The van der Waals surface area contributed by atoms with Crippen LogP contribution in [-0.4, -0.2) is 23.6 Å². The number of aromatic nitrogens is 1. The number of rotatable bonds is 5. The molecule has 0 radical (unpaired) electrons. The first kappa shape index (κ1) is 11.0. The SMILES string of the molecule is CC(C)COCC(=O)c1cccn1C. The standard InChI is InChI=1S/C11H17NO2/c1-9(2)7-14-8-11(13)10-5-4-6-12(10)3/h4-6,9H,7-8H2,1-3H3. The van der Waals surface area contributed by atoms with Crippen LogP contribution in [0.3, 0.4) is 0 Å². The monoisotopic (exact) mass is 195 g/mol. The first-order valence-electron chi connectivity index (χ1n) is 4.83. The summed E-state index contributed by atoms with van der Waals surface area (Å²) in [7, 11) is 1.86. The van der Waals surface area contributed by atoms with E-state index in [0.717, 1.165) is 0 Å². The zero-order chi connectivity index (χ0) is 10.6. The third-order valence-corrected chi connectivity index (χ3v) is 1.91. The van der Waals surface area contributed by atoms with Crippen molar-refractivity contribution >= 4 is 5.78 Å². The van der Waals surface area contributed by atoms with Crippen molar-refractivity contribution < 1.29 is 9.53 Å². The Bertz CT molecular complexity index is 302. The van der Waals surface area contributed by atoms with Crippen LogP contribution < -0.4 is 0 Å². The van der Waals surface area contributed by atoms with Crippen LogP contribution in [0.5, 0.6) is 0 Å². The summed E-state index contributed by atoms with van der Waals surface area (Å²) in [5.74, 6) is 0.509. The third-order valence-electron chi connectivity index (χ3n) is 1.91. The van der Waals surface area contributed by atoms with E-state index in [1.165, 1.54) is 0 Å². The van der Waals surface area contributed by atoms with Crippen molar-refractivity contribution in [1.82, 2.24) is 4.57 Å². The van der Waals surface area contributed by atoms with Crippen LogP contribution in [0, 0.1) is 5.92 Å². The molecule has 0 aliphatic rings. The largest absolute Gasteiger partial charge is 0.373 e. The topological polar surface area (TPSA) is 31.2 Å². The van der Waals surface area contributed by atoms with Crippen molar-refractivity contribution in [2.75, 3.05) is 13.2 Å². The molecule has 0 saturated heterocycles. The lowest BCUT2D eigenvalue weighted by Gasteiger charge is -2.06. The molecule has 0 fully saturated rings. The number of ketones is 1. The molecule has 0 aliphatic carbocycles. The van der Waals surface area contributed by atoms with Gasteiger partial charge in [-0.1, -0.05) is 13.8 Å². The Morgan fingerprint density at radius 3 is 2.79 bits per heavy atom. The molecule has 0 atom stereocenters. The summed E-state index contributed by atoms with van der Waals surface area (Å²) in [6.45, 7) is 4.94. The molecule has 1 heterocycles. The second kappa shape index (κ2) is 4.96. The summed E-state index contributed by atoms with van der Waals surface area (Å²) in [5, 5.41) is 0. The lowest BCUT2D eigenvalue weighted by Crippen LogP contribution is -2.14. The first-order chi connectivity index (χ1) is 6.61. The van der Waals surface area contributed by atoms with Crippen molar-refractivity contribution in [3.63, 3.8) is 0 Å². The molecule has 0 aromatic carbocycles. The molecule has 0 spiro atoms. The highest BCUT2D eigenvalue weighted by atomic mass is 16.5. The van der Waals surface area contributed by atoms with Gasteiger partial charge in [-0.3, -0.25) is 4.79 Å². The van der Waals surface area contributed by atoms with Gasteiger partial charge in [-0.15, -0.1) is 0 Å². The van der Waals surface area contributed by atoms with Crippen molar-refractivity contribution in [3.05, 3.63) is 24.0 Å². The van der Waals surface area contributed by atoms with Gasteiger partial charge in [0.15, 0.2) is 0 Å². The van der Waals surface area contributed by atoms with Gasteiger partial charge < -0.3 is 9.30 Å². The predicted molar refractivity (Wildman–Crippen MR) is 55.4 cm³/mol. The van der Waals surface area contributed by atoms with Crippen LogP contribution in [-0.2, 0) is 11.8 Å². The normalized spacial score (nSPS) is 10.9. The fourth-order valence-corrected chi connectivity index (χ4v) is 1.21. The maximum Gasteiger partial charge on any atom is 0.204 e. The van der Waals surface area contributed by atoms with Gasteiger partial charge in [0.1, 0.15) is 6.61 Å². The first-order valence-corrected chi connectivity index (χ1v) is 4.83. The number of Topliss-reactive ketones (excluding diaryl/α,β-unsaturated/α-hetero) is 1. The van der Waals surface area contributed by atoms with Crippen LogP contribution in [0.25, 0.3) is 0 Å². The summed E-state index contributed by atoms with van der Waals surface area (Å²) in [6, 6.07) is 3.66. The molecule has 78 valence electrons. The Balaban J connectivity index is 2.40. The second-order valence-corrected chi connectivity index (χ2v) is 3.84. The molecule has 0 amide bonds. The van der Waals surface area contributed by atoms with E-state index >= 15 is 0 Å². The molecule has 14 heavy (non-hydrogen) atoms. The third kappa shape index (κ3) is 3.00. The average Bonchev–Trinajstić information content (AvgIpc) is 2.50. The molecule has 3 nitrogen and oxygen atoms in total. The van der Waals surface area contributed by atoms with Gasteiger partial charge in [-0.25, -0.2) is 0 Å². The van der Waals surface area contributed by atoms with E-state index in [-0.39, 0.29) is 12.4 Å². The number of hydrogen-bond donors (Lipinski definition) is 0. The van der Waals surface area contributed by atoms with Crippen LogP contribution >= 0.6 is 0 Å². The number of nitrogens with zero attached hydrogens (tertiary/aromatic N) is 1. The van der Waals surface area contributed by atoms with E-state index in [9.17, 15) is 4.79 Å². The van der Waals surface area contributed by atoms with Gasteiger partial charge in [-0.05, 0) is 18.1 Å². The smallest absolute Gasteiger partial charge is 0.204 e. The molecule has 0 unspecified atom stereocenters. The zero-order valence-electron chi connectivity index (χ0n) is 8.99. The maximum absolute atomic E-state index is 11.6. The number of ether oxygens (including phenoxy) is 1. The minimum absolute atomic E-state index is 0.0400. The molecule has 0 saturated carbocycles. The Morgan fingerprint density at radius 2 is 2.29 bits per heavy atom. The van der Waals surface area contributed by atoms with E-state index in [0.29, 0.717) is 18.2 Å². The second-order valence-electron chi connectivity index (χ2n) is 3.84. The molecule has 0 aliphatic heterocycles. The Labute approximate surface area is 84.7 Å². The number of carbonyl (C=O) groups is 1. The molecule has 1 aromatic rings. The van der Waals surface area contributed by atoms with Crippen LogP contribution in [0.2, 0.25) is 0 Å². The number of carbonyl (C=O) groups excluding carboxylic acids is 1. The summed E-state index contributed by atoms with van der Waals surface area (Å²) in [5.41, 5.74) is 0.703. The van der Waals surface area contributed by atoms with Gasteiger partial charge in [0.25, 0.3) is 0 Å². The summed E-state index contributed by atoms with van der Waals surface area (Å²) >= 11 is 0. The van der Waals surface area contributed by atoms with Gasteiger partial charge in [-0.2, -0.15) is 0 Å². The van der Waals surface area contributed by atoms with Crippen molar-refractivity contribution in [3.8, 4) is 0 Å². The van der Waals surface area contributed by atoms with Crippen molar-refractivity contribution in [2.45, 2.75) is 13.8 Å². The minimum Gasteiger partial charge on any atom is -0.373 e. The zero-order valence-corrected chi connectivity index (χ0v) is 8.99. The maximum atomic E-state index is 11.6. The Kier molecular flexibility index (Phi) is 3.89. The molecule has 3 heteroatoms. The van der Waals surface area contributed by atoms with Crippen LogP contribution in [0.1, 0.15) is 24.3 Å². The fourth-order valence-electron chi connectivity index (χ4n) is 1.21. The van der Waals surface area contributed by atoms with Crippen molar-refractivity contribution in [2.24, 2.45) is 13.0 Å². The molecule has 1 aromatic heterocycles. The van der Waals surface area contributed by atoms with Crippen LogP contribution in [0.15, 0.2) is 18.3 Å². The molecular formula is C11H17NO2. The Hall–Kier alpha value is -1.09. The van der Waals surface area contributed by atoms with E-state index in [1.54, 1.807) is 10.6 Å². The quantitative estimate of drug-likeness (QED) is 0.672.